The molecule has 0 spiro atoms. The Morgan fingerprint density at radius 1 is 1.37 bits per heavy atom. The Bertz CT molecular complexity index is 541. The van der Waals surface area contributed by atoms with Gasteiger partial charge in [0.1, 0.15) is 0 Å². The van der Waals surface area contributed by atoms with Crippen molar-refractivity contribution in [3.8, 4) is 0 Å². The highest BCUT2D eigenvalue weighted by Crippen LogP contribution is 2.25. The van der Waals surface area contributed by atoms with Gasteiger partial charge in [-0.05, 0) is 12.1 Å². The third-order valence-electron chi connectivity index (χ3n) is 2.70. The number of halogens is 2. The van der Waals surface area contributed by atoms with Crippen LogP contribution in [0.1, 0.15) is 17.4 Å². The largest absolute Gasteiger partial charge is 0.383 e. The predicted octanol–water partition coefficient (Wildman–Crippen LogP) is 2.28. The van der Waals surface area contributed by atoms with Crippen LogP contribution in [0.2, 0.25) is 10.0 Å². The van der Waals surface area contributed by atoms with Gasteiger partial charge in [0.2, 0.25) is 0 Å². The van der Waals surface area contributed by atoms with Gasteiger partial charge >= 0.3 is 0 Å². The Morgan fingerprint density at radius 3 is 2.79 bits per heavy atom. The Labute approximate surface area is 121 Å². The van der Waals surface area contributed by atoms with Gasteiger partial charge in [-0.15, -0.1) is 0 Å². The van der Waals surface area contributed by atoms with Crippen molar-refractivity contribution in [3.05, 3.63) is 46.0 Å². The molecule has 0 aromatic carbocycles. The third kappa shape index (κ3) is 3.25. The highest BCUT2D eigenvalue weighted by molar-refractivity contribution is 6.31. The summed E-state index contributed by atoms with van der Waals surface area (Å²) < 4.78 is 6.76. The predicted molar refractivity (Wildman–Crippen MR) is 74.4 cm³/mol. The zero-order valence-corrected chi connectivity index (χ0v) is 11.9. The maximum absolute atomic E-state index is 6.19. The van der Waals surface area contributed by atoms with E-state index in [1.807, 2.05) is 0 Å². The van der Waals surface area contributed by atoms with E-state index < -0.39 is 6.04 Å². The van der Waals surface area contributed by atoms with Gasteiger partial charge in [0.05, 0.1) is 46.8 Å². The zero-order chi connectivity index (χ0) is 13.8. The van der Waals surface area contributed by atoms with E-state index in [0.29, 0.717) is 34.6 Å². The summed E-state index contributed by atoms with van der Waals surface area (Å²) in [5.74, 6) is 0. The first-order valence-corrected chi connectivity index (χ1v) is 6.46. The molecule has 2 aromatic heterocycles. The monoisotopic (exact) mass is 300 g/mol. The van der Waals surface area contributed by atoms with E-state index >= 15 is 0 Å². The molecule has 102 valence electrons. The minimum Gasteiger partial charge on any atom is -0.383 e. The van der Waals surface area contributed by atoms with Gasteiger partial charge in [0.25, 0.3) is 0 Å². The van der Waals surface area contributed by atoms with Gasteiger partial charge in [0.15, 0.2) is 0 Å². The van der Waals surface area contributed by atoms with Crippen LogP contribution in [0.3, 0.4) is 0 Å². The Morgan fingerprint density at radius 2 is 2.16 bits per heavy atom. The van der Waals surface area contributed by atoms with E-state index in [4.69, 9.17) is 33.7 Å². The van der Waals surface area contributed by atoms with E-state index in [9.17, 15) is 0 Å². The maximum atomic E-state index is 6.19. The first kappa shape index (κ1) is 14.3. The molecule has 0 aliphatic heterocycles. The SMILES string of the molecule is COCCn1ncc(Cl)c1C(N)c1ccc(Cl)cn1. The average molecular weight is 301 g/mol. The van der Waals surface area contributed by atoms with Gasteiger partial charge in [-0.3, -0.25) is 9.67 Å². The number of aromatic nitrogens is 3. The summed E-state index contributed by atoms with van der Waals surface area (Å²) in [5, 5.41) is 5.27. The topological polar surface area (TPSA) is 66.0 Å². The van der Waals surface area contributed by atoms with Crippen LogP contribution in [0.15, 0.2) is 24.5 Å². The van der Waals surface area contributed by atoms with Gasteiger partial charge < -0.3 is 10.5 Å². The Balaban J connectivity index is 2.29. The summed E-state index contributed by atoms with van der Waals surface area (Å²) in [6.45, 7) is 1.12. The summed E-state index contributed by atoms with van der Waals surface area (Å²) >= 11 is 12.0. The average Bonchev–Trinajstić information content (AvgIpc) is 2.77. The minimum absolute atomic E-state index is 0.455. The fraction of sp³-hybridized carbons (Fsp3) is 0.333. The van der Waals surface area contributed by atoms with Crippen molar-refractivity contribution >= 4 is 23.2 Å². The van der Waals surface area contributed by atoms with Crippen molar-refractivity contribution in [1.29, 1.82) is 0 Å². The summed E-state index contributed by atoms with van der Waals surface area (Å²) in [4.78, 5) is 4.21. The van der Waals surface area contributed by atoms with Crippen LogP contribution >= 0.6 is 23.2 Å². The van der Waals surface area contributed by atoms with Crippen LogP contribution in [-0.2, 0) is 11.3 Å². The van der Waals surface area contributed by atoms with Gasteiger partial charge in [-0.1, -0.05) is 23.2 Å². The van der Waals surface area contributed by atoms with Crippen molar-refractivity contribution in [2.45, 2.75) is 12.6 Å². The molecular formula is C12H14Cl2N4O. The number of pyridine rings is 1. The van der Waals surface area contributed by atoms with Crippen molar-refractivity contribution in [3.63, 3.8) is 0 Å². The lowest BCUT2D eigenvalue weighted by atomic mass is 10.1. The molecule has 5 nitrogen and oxygen atoms in total. The van der Waals surface area contributed by atoms with Crippen LogP contribution in [-0.4, -0.2) is 28.5 Å². The zero-order valence-electron chi connectivity index (χ0n) is 10.4. The van der Waals surface area contributed by atoms with Crippen molar-refractivity contribution < 1.29 is 4.74 Å². The summed E-state index contributed by atoms with van der Waals surface area (Å²) in [7, 11) is 1.63. The fourth-order valence-corrected chi connectivity index (χ4v) is 2.12. The molecule has 0 aliphatic rings. The Hall–Kier alpha value is -1.14. The molecule has 1 atom stereocenters. The normalized spacial score (nSPS) is 12.6. The molecule has 2 rings (SSSR count). The molecule has 0 bridgehead atoms. The standard InChI is InChI=1S/C12H14Cl2N4O/c1-19-5-4-18-12(9(14)7-17-18)11(15)10-3-2-8(13)6-16-10/h2-3,6-7,11H,4-5,15H2,1H3. The first-order valence-electron chi connectivity index (χ1n) is 5.70. The fourth-order valence-electron chi connectivity index (χ4n) is 1.75. The maximum Gasteiger partial charge on any atom is 0.0912 e. The van der Waals surface area contributed by atoms with Crippen LogP contribution in [0.25, 0.3) is 0 Å². The summed E-state index contributed by atoms with van der Waals surface area (Å²) in [6.07, 6.45) is 3.13. The molecule has 2 N–H and O–H groups in total. The van der Waals surface area contributed by atoms with Crippen LogP contribution < -0.4 is 5.73 Å². The number of hydrogen-bond acceptors (Lipinski definition) is 4. The smallest absolute Gasteiger partial charge is 0.0912 e. The van der Waals surface area contributed by atoms with Gasteiger partial charge in [-0.2, -0.15) is 5.10 Å². The van der Waals surface area contributed by atoms with E-state index in [1.165, 1.54) is 0 Å². The lowest BCUT2D eigenvalue weighted by molar-refractivity contribution is 0.182. The minimum atomic E-state index is -0.455. The molecule has 0 fully saturated rings. The number of nitrogens with zero attached hydrogens (tertiary/aromatic N) is 3. The second kappa shape index (κ2) is 6.34. The molecule has 2 heterocycles. The second-order valence-corrected chi connectivity index (χ2v) is 4.82. The lowest BCUT2D eigenvalue weighted by Gasteiger charge is -2.14. The van der Waals surface area contributed by atoms with Crippen molar-refractivity contribution in [1.82, 2.24) is 14.8 Å². The number of nitrogens with two attached hydrogens (primary N) is 1. The van der Waals surface area contributed by atoms with E-state index in [2.05, 4.69) is 10.1 Å². The van der Waals surface area contributed by atoms with E-state index in [-0.39, 0.29) is 0 Å². The van der Waals surface area contributed by atoms with Crippen LogP contribution in [0, 0.1) is 0 Å². The lowest BCUT2D eigenvalue weighted by Crippen LogP contribution is -2.20. The number of rotatable bonds is 5. The van der Waals surface area contributed by atoms with Gasteiger partial charge in [-0.25, -0.2) is 0 Å². The molecule has 2 aromatic rings. The van der Waals surface area contributed by atoms with Crippen LogP contribution in [0.4, 0.5) is 0 Å². The van der Waals surface area contributed by atoms with Crippen molar-refractivity contribution in [2.75, 3.05) is 13.7 Å². The third-order valence-corrected chi connectivity index (χ3v) is 3.22. The Kier molecular flexibility index (Phi) is 4.76. The molecule has 0 radical (unpaired) electrons. The summed E-state index contributed by atoms with van der Waals surface area (Å²) in [5.41, 5.74) is 7.59. The molecule has 0 amide bonds. The van der Waals surface area contributed by atoms with Crippen LogP contribution in [0.5, 0.6) is 0 Å². The quantitative estimate of drug-likeness (QED) is 0.920. The molecule has 19 heavy (non-hydrogen) atoms. The van der Waals surface area contributed by atoms with Crippen molar-refractivity contribution in [2.24, 2.45) is 5.73 Å². The highest BCUT2D eigenvalue weighted by Gasteiger charge is 2.19. The molecule has 0 saturated heterocycles. The van der Waals surface area contributed by atoms with E-state index in [0.717, 1.165) is 0 Å². The summed E-state index contributed by atoms with van der Waals surface area (Å²) in [6, 6.07) is 3.06. The van der Waals surface area contributed by atoms with E-state index in [1.54, 1.807) is 36.3 Å². The molecule has 7 heteroatoms. The number of hydrogen-bond donors (Lipinski definition) is 1. The van der Waals surface area contributed by atoms with Gasteiger partial charge in [0, 0.05) is 13.3 Å². The number of methoxy groups -OCH3 is 1. The molecule has 0 saturated carbocycles. The number of ether oxygens (including phenoxy) is 1. The molecule has 0 aliphatic carbocycles. The first-order chi connectivity index (χ1) is 9.13. The molecule has 1 unspecified atom stereocenters. The molecular weight excluding hydrogens is 287 g/mol. The second-order valence-electron chi connectivity index (χ2n) is 3.97. The highest BCUT2D eigenvalue weighted by atomic mass is 35.5.